The van der Waals surface area contributed by atoms with Gasteiger partial charge in [0.25, 0.3) is 0 Å². The number of carbonyl (C=O) groups excluding carboxylic acids is 1. The molecule has 0 radical (unpaired) electrons. The van der Waals surface area contributed by atoms with Crippen molar-refractivity contribution in [2.24, 2.45) is 0 Å². The first kappa shape index (κ1) is 22.9. The number of hydrogen-bond donors (Lipinski definition) is 0. The molecule has 1 saturated carbocycles. The Morgan fingerprint density at radius 1 is 1.09 bits per heavy atom. The molecule has 180 valence electrons. The maximum absolute atomic E-state index is 12.9. The van der Waals surface area contributed by atoms with Gasteiger partial charge in [0.05, 0.1) is 18.8 Å². The van der Waals surface area contributed by atoms with E-state index in [0.717, 1.165) is 54.3 Å². The molecule has 0 unspecified atom stereocenters. The van der Waals surface area contributed by atoms with Crippen LogP contribution in [-0.4, -0.2) is 36.5 Å². The molecule has 2 aromatic heterocycles. The number of benzene rings is 1. The first-order valence-corrected chi connectivity index (χ1v) is 12.2. The van der Waals surface area contributed by atoms with Crippen molar-refractivity contribution < 1.29 is 14.1 Å². The molecule has 34 heavy (non-hydrogen) atoms. The van der Waals surface area contributed by atoms with Gasteiger partial charge in [-0.15, -0.1) is 10.2 Å². The largest absolute Gasteiger partial charge is 0.444 e. The SMILES string of the molecule is Cc1onc(C2CCC(c3nnc4n3-c3ccccc3CN(C(=O)OC(C)(C)C)C4)CC2)c1Cl. The number of ether oxygens (including phenoxy) is 1. The summed E-state index contributed by atoms with van der Waals surface area (Å²) >= 11 is 6.40. The highest BCUT2D eigenvalue weighted by Gasteiger charge is 2.34. The minimum absolute atomic E-state index is 0.269. The standard InChI is InChI=1S/C25H30ClN5O3/c1-15-21(26)22(29-34-15)16-9-11-17(12-10-16)23-28-27-20-14-30(24(32)33-25(2,3)4)13-18-7-5-6-8-19(18)31(20)23/h5-8,16-17H,9-14H2,1-4H3. The number of hydrogen-bond acceptors (Lipinski definition) is 6. The third kappa shape index (κ3) is 4.31. The van der Waals surface area contributed by atoms with Crippen LogP contribution in [0.2, 0.25) is 5.02 Å². The van der Waals surface area contributed by atoms with Crippen LogP contribution in [-0.2, 0) is 17.8 Å². The molecule has 1 aliphatic heterocycles. The predicted octanol–water partition coefficient (Wildman–Crippen LogP) is 5.91. The second kappa shape index (κ2) is 8.73. The number of carbonyl (C=O) groups is 1. The third-order valence-corrected chi connectivity index (χ3v) is 7.09. The summed E-state index contributed by atoms with van der Waals surface area (Å²) in [6.07, 6.45) is 3.50. The smallest absolute Gasteiger partial charge is 0.411 e. The Hall–Kier alpha value is -2.87. The van der Waals surface area contributed by atoms with E-state index in [1.807, 2.05) is 39.8 Å². The van der Waals surface area contributed by atoms with Gasteiger partial charge >= 0.3 is 6.09 Å². The normalized spacial score (nSPS) is 20.4. The van der Waals surface area contributed by atoms with Crippen LogP contribution in [0.25, 0.3) is 5.69 Å². The first-order valence-electron chi connectivity index (χ1n) is 11.8. The molecule has 1 aliphatic carbocycles. The lowest BCUT2D eigenvalue weighted by Gasteiger charge is -2.27. The second-order valence-electron chi connectivity index (χ2n) is 10.3. The van der Waals surface area contributed by atoms with E-state index in [-0.39, 0.29) is 12.0 Å². The van der Waals surface area contributed by atoms with Crippen molar-refractivity contribution >= 4 is 17.7 Å². The molecule has 9 heteroatoms. The molecule has 0 N–H and O–H groups in total. The predicted molar refractivity (Wildman–Crippen MR) is 127 cm³/mol. The average molecular weight is 484 g/mol. The number of nitrogens with zero attached hydrogens (tertiary/aromatic N) is 5. The van der Waals surface area contributed by atoms with Crippen molar-refractivity contribution in [3.05, 3.63) is 58.0 Å². The maximum Gasteiger partial charge on any atom is 0.411 e. The van der Waals surface area contributed by atoms with Gasteiger partial charge in [0.1, 0.15) is 22.1 Å². The van der Waals surface area contributed by atoms with Crippen LogP contribution < -0.4 is 0 Å². The van der Waals surface area contributed by atoms with Crippen LogP contribution in [0.1, 0.15) is 87.0 Å². The van der Waals surface area contributed by atoms with E-state index in [0.29, 0.717) is 29.8 Å². The van der Waals surface area contributed by atoms with Gasteiger partial charge < -0.3 is 9.26 Å². The van der Waals surface area contributed by atoms with E-state index in [9.17, 15) is 4.79 Å². The van der Waals surface area contributed by atoms with Gasteiger partial charge in [-0.2, -0.15) is 0 Å². The molecule has 1 aromatic carbocycles. The summed E-state index contributed by atoms with van der Waals surface area (Å²) in [6, 6.07) is 8.14. The number of para-hydroxylation sites is 1. The summed E-state index contributed by atoms with van der Waals surface area (Å²) < 4.78 is 13.1. The van der Waals surface area contributed by atoms with Crippen LogP contribution in [0, 0.1) is 6.92 Å². The second-order valence-corrected chi connectivity index (χ2v) is 10.6. The molecule has 2 aliphatic rings. The number of fused-ring (bicyclic) bond motifs is 3. The highest BCUT2D eigenvalue weighted by molar-refractivity contribution is 6.31. The Morgan fingerprint density at radius 2 is 1.79 bits per heavy atom. The van der Waals surface area contributed by atoms with E-state index in [4.69, 9.17) is 20.9 Å². The first-order chi connectivity index (χ1) is 16.2. The van der Waals surface area contributed by atoms with Crippen molar-refractivity contribution in [3.8, 4) is 5.69 Å². The molecule has 1 amide bonds. The van der Waals surface area contributed by atoms with Crippen LogP contribution in [0.15, 0.2) is 28.8 Å². The van der Waals surface area contributed by atoms with Crippen molar-refractivity contribution in [3.63, 3.8) is 0 Å². The molecule has 3 aromatic rings. The Labute approximate surface area is 204 Å². The summed E-state index contributed by atoms with van der Waals surface area (Å²) in [7, 11) is 0. The molecule has 0 saturated heterocycles. The van der Waals surface area contributed by atoms with E-state index in [1.54, 1.807) is 4.90 Å². The van der Waals surface area contributed by atoms with Gasteiger partial charge in [-0.05, 0) is 65.0 Å². The van der Waals surface area contributed by atoms with Gasteiger partial charge in [-0.1, -0.05) is 35.0 Å². The quantitative estimate of drug-likeness (QED) is 0.450. The van der Waals surface area contributed by atoms with Gasteiger partial charge in [0, 0.05) is 11.8 Å². The molecular weight excluding hydrogens is 454 g/mol. The van der Waals surface area contributed by atoms with E-state index in [1.165, 1.54) is 0 Å². The minimum Gasteiger partial charge on any atom is -0.444 e. The van der Waals surface area contributed by atoms with Crippen LogP contribution in [0.5, 0.6) is 0 Å². The topological polar surface area (TPSA) is 86.3 Å². The Bertz CT molecular complexity index is 1200. The number of amides is 1. The maximum atomic E-state index is 12.9. The molecule has 5 rings (SSSR count). The van der Waals surface area contributed by atoms with Gasteiger partial charge in [0.2, 0.25) is 0 Å². The van der Waals surface area contributed by atoms with E-state index < -0.39 is 5.60 Å². The Morgan fingerprint density at radius 3 is 2.47 bits per heavy atom. The molecule has 8 nitrogen and oxygen atoms in total. The van der Waals surface area contributed by atoms with Crippen LogP contribution in [0.3, 0.4) is 0 Å². The molecule has 0 atom stereocenters. The summed E-state index contributed by atoms with van der Waals surface area (Å²) in [5.41, 5.74) is 2.38. The Balaban J connectivity index is 1.42. The van der Waals surface area contributed by atoms with Crippen molar-refractivity contribution in [1.29, 1.82) is 0 Å². The fraction of sp³-hybridized carbons (Fsp3) is 0.520. The molecular formula is C25H30ClN5O3. The highest BCUT2D eigenvalue weighted by Crippen LogP contribution is 2.43. The zero-order valence-corrected chi connectivity index (χ0v) is 20.8. The summed E-state index contributed by atoms with van der Waals surface area (Å²) in [4.78, 5) is 14.6. The molecule has 0 bridgehead atoms. The Kier molecular flexibility index (Phi) is 5.88. The van der Waals surface area contributed by atoms with Crippen LogP contribution >= 0.6 is 11.6 Å². The van der Waals surface area contributed by atoms with Crippen LogP contribution in [0.4, 0.5) is 4.79 Å². The highest BCUT2D eigenvalue weighted by atomic mass is 35.5. The zero-order chi connectivity index (χ0) is 24.0. The summed E-state index contributed by atoms with van der Waals surface area (Å²) in [6.45, 7) is 8.28. The monoisotopic (exact) mass is 483 g/mol. The lowest BCUT2D eigenvalue weighted by Crippen LogP contribution is -2.35. The van der Waals surface area contributed by atoms with Crippen molar-refractivity contribution in [1.82, 2.24) is 24.8 Å². The lowest BCUT2D eigenvalue weighted by atomic mass is 9.80. The lowest BCUT2D eigenvalue weighted by molar-refractivity contribution is 0.0214. The third-order valence-electron chi connectivity index (χ3n) is 6.63. The van der Waals surface area contributed by atoms with E-state index >= 15 is 0 Å². The number of aryl methyl sites for hydroxylation is 1. The minimum atomic E-state index is -0.564. The van der Waals surface area contributed by atoms with Gasteiger partial charge in [-0.3, -0.25) is 9.47 Å². The number of aromatic nitrogens is 4. The summed E-state index contributed by atoms with van der Waals surface area (Å²) in [5.74, 6) is 2.94. The average Bonchev–Trinajstić information content (AvgIpc) is 3.31. The van der Waals surface area contributed by atoms with E-state index in [2.05, 4.69) is 32.1 Å². The van der Waals surface area contributed by atoms with Crippen molar-refractivity contribution in [2.45, 2.75) is 83.9 Å². The number of halogens is 1. The van der Waals surface area contributed by atoms with Crippen molar-refractivity contribution in [2.75, 3.05) is 0 Å². The molecule has 1 fully saturated rings. The van der Waals surface area contributed by atoms with Gasteiger partial charge in [-0.25, -0.2) is 4.79 Å². The fourth-order valence-corrected chi connectivity index (χ4v) is 5.19. The number of rotatable bonds is 2. The fourth-order valence-electron chi connectivity index (χ4n) is 4.97. The molecule has 3 heterocycles. The van der Waals surface area contributed by atoms with Gasteiger partial charge in [0.15, 0.2) is 11.6 Å². The molecule has 0 spiro atoms. The zero-order valence-electron chi connectivity index (χ0n) is 20.0. The summed E-state index contributed by atoms with van der Waals surface area (Å²) in [5, 5.41) is 14.0.